The molecule has 1 heterocycles. The van der Waals surface area contributed by atoms with Gasteiger partial charge in [-0.1, -0.05) is 43.7 Å². The fourth-order valence-electron chi connectivity index (χ4n) is 2.16. The molecule has 0 saturated carbocycles. The lowest BCUT2D eigenvalue weighted by Crippen LogP contribution is -2.07. The highest BCUT2D eigenvalue weighted by molar-refractivity contribution is 5.57. The number of anilines is 1. The molecule has 0 aliphatic heterocycles. The van der Waals surface area contributed by atoms with Crippen LogP contribution in [0.15, 0.2) is 24.3 Å². The third-order valence-electron chi connectivity index (χ3n) is 3.14. The van der Waals surface area contributed by atoms with E-state index in [2.05, 4.69) is 5.10 Å². The molecular formula is C14H18N4O2. The maximum absolute atomic E-state index is 11.1. The van der Waals surface area contributed by atoms with E-state index in [1.54, 1.807) is 0 Å². The molecule has 0 bridgehead atoms. The lowest BCUT2D eigenvalue weighted by Gasteiger charge is -2.04. The molecule has 1 aromatic heterocycles. The summed E-state index contributed by atoms with van der Waals surface area (Å²) in [5.41, 5.74) is 8.39. The Morgan fingerprint density at radius 1 is 1.45 bits per heavy atom. The van der Waals surface area contributed by atoms with E-state index in [0.29, 0.717) is 12.2 Å². The fourth-order valence-corrected chi connectivity index (χ4v) is 2.16. The van der Waals surface area contributed by atoms with Crippen molar-refractivity contribution in [2.45, 2.75) is 33.2 Å². The molecule has 0 atom stereocenters. The molecular weight excluding hydrogens is 256 g/mol. The Hall–Kier alpha value is -2.37. The molecule has 20 heavy (non-hydrogen) atoms. The van der Waals surface area contributed by atoms with E-state index in [1.165, 1.54) is 4.68 Å². The van der Waals surface area contributed by atoms with Crippen LogP contribution in [0.5, 0.6) is 0 Å². The summed E-state index contributed by atoms with van der Waals surface area (Å²) in [5, 5.41) is 15.4. The molecule has 0 spiro atoms. The Morgan fingerprint density at radius 2 is 2.15 bits per heavy atom. The third kappa shape index (κ3) is 2.64. The molecule has 1 aromatic carbocycles. The van der Waals surface area contributed by atoms with Gasteiger partial charge in [-0.3, -0.25) is 10.1 Å². The van der Waals surface area contributed by atoms with Gasteiger partial charge in [-0.2, -0.15) is 5.10 Å². The molecule has 0 aliphatic rings. The maximum Gasteiger partial charge on any atom is 0.334 e. The van der Waals surface area contributed by atoms with Crippen molar-refractivity contribution in [2.75, 3.05) is 5.73 Å². The average molecular weight is 274 g/mol. The SMILES string of the molecule is Cc1cccc(Cn2nc(C(C)C)c([N+](=O)[O-])c2N)c1. The summed E-state index contributed by atoms with van der Waals surface area (Å²) in [7, 11) is 0. The lowest BCUT2D eigenvalue weighted by molar-refractivity contribution is -0.384. The Labute approximate surface area is 117 Å². The van der Waals surface area contributed by atoms with Crippen LogP contribution in [-0.4, -0.2) is 14.7 Å². The van der Waals surface area contributed by atoms with Crippen LogP contribution in [0.4, 0.5) is 11.5 Å². The molecule has 0 aliphatic carbocycles. The highest BCUT2D eigenvalue weighted by Gasteiger charge is 2.27. The summed E-state index contributed by atoms with van der Waals surface area (Å²) in [6.45, 7) is 6.16. The molecule has 2 aromatic rings. The quantitative estimate of drug-likeness (QED) is 0.686. The fraction of sp³-hybridized carbons (Fsp3) is 0.357. The van der Waals surface area contributed by atoms with E-state index >= 15 is 0 Å². The van der Waals surface area contributed by atoms with Crippen LogP contribution in [0.1, 0.15) is 36.6 Å². The molecule has 0 saturated heterocycles. The van der Waals surface area contributed by atoms with E-state index in [-0.39, 0.29) is 17.4 Å². The number of rotatable bonds is 4. The van der Waals surface area contributed by atoms with Crippen molar-refractivity contribution in [1.82, 2.24) is 9.78 Å². The van der Waals surface area contributed by atoms with E-state index in [0.717, 1.165) is 11.1 Å². The molecule has 106 valence electrons. The van der Waals surface area contributed by atoms with Gasteiger partial charge in [0.05, 0.1) is 11.5 Å². The van der Waals surface area contributed by atoms with E-state index in [9.17, 15) is 10.1 Å². The normalized spacial score (nSPS) is 11.0. The highest BCUT2D eigenvalue weighted by atomic mass is 16.6. The second-order valence-corrected chi connectivity index (χ2v) is 5.18. The predicted octanol–water partition coefficient (Wildman–Crippen LogP) is 2.85. The van der Waals surface area contributed by atoms with Crippen LogP contribution in [-0.2, 0) is 6.54 Å². The van der Waals surface area contributed by atoms with Gasteiger partial charge in [0, 0.05) is 5.92 Å². The van der Waals surface area contributed by atoms with Crippen molar-refractivity contribution < 1.29 is 4.92 Å². The molecule has 2 N–H and O–H groups in total. The number of benzene rings is 1. The van der Waals surface area contributed by atoms with Gasteiger partial charge in [-0.25, -0.2) is 4.68 Å². The van der Waals surface area contributed by atoms with E-state index < -0.39 is 4.92 Å². The topological polar surface area (TPSA) is 87.0 Å². The number of nitro groups is 1. The van der Waals surface area contributed by atoms with Crippen LogP contribution >= 0.6 is 0 Å². The summed E-state index contributed by atoms with van der Waals surface area (Å²) in [6, 6.07) is 7.91. The van der Waals surface area contributed by atoms with Crippen molar-refractivity contribution >= 4 is 11.5 Å². The standard InChI is InChI=1S/C14H18N4O2/c1-9(2)12-13(18(19)20)14(15)17(16-12)8-11-6-4-5-10(3)7-11/h4-7,9H,8,15H2,1-3H3. The number of hydrogen-bond donors (Lipinski definition) is 1. The molecule has 0 fully saturated rings. The predicted molar refractivity (Wildman–Crippen MR) is 77.7 cm³/mol. The minimum absolute atomic E-state index is 0.0449. The smallest absolute Gasteiger partial charge is 0.334 e. The van der Waals surface area contributed by atoms with Crippen LogP contribution in [0.3, 0.4) is 0 Å². The van der Waals surface area contributed by atoms with Gasteiger partial charge < -0.3 is 5.73 Å². The summed E-state index contributed by atoms with van der Waals surface area (Å²) >= 11 is 0. The Balaban J connectivity index is 2.43. The number of hydrogen-bond acceptors (Lipinski definition) is 4. The first-order chi connectivity index (χ1) is 9.40. The van der Waals surface area contributed by atoms with Crippen molar-refractivity contribution in [2.24, 2.45) is 0 Å². The minimum Gasteiger partial charge on any atom is -0.378 e. The Kier molecular flexibility index (Phi) is 3.74. The van der Waals surface area contributed by atoms with Gasteiger partial charge in [0.25, 0.3) is 0 Å². The number of nitrogens with two attached hydrogens (primary N) is 1. The monoisotopic (exact) mass is 274 g/mol. The maximum atomic E-state index is 11.1. The Bertz CT molecular complexity index is 647. The number of aromatic nitrogens is 2. The zero-order chi connectivity index (χ0) is 14.9. The zero-order valence-corrected chi connectivity index (χ0v) is 11.8. The lowest BCUT2D eigenvalue weighted by atomic mass is 10.1. The zero-order valence-electron chi connectivity index (χ0n) is 11.8. The van der Waals surface area contributed by atoms with E-state index in [1.807, 2.05) is 45.0 Å². The van der Waals surface area contributed by atoms with Gasteiger partial charge in [0.15, 0.2) is 0 Å². The second kappa shape index (κ2) is 5.32. The largest absolute Gasteiger partial charge is 0.378 e. The Morgan fingerprint density at radius 3 is 2.65 bits per heavy atom. The van der Waals surface area contributed by atoms with Crippen LogP contribution in [0.25, 0.3) is 0 Å². The van der Waals surface area contributed by atoms with Crippen LogP contribution < -0.4 is 5.73 Å². The van der Waals surface area contributed by atoms with Crippen molar-refractivity contribution in [3.05, 3.63) is 51.2 Å². The van der Waals surface area contributed by atoms with Gasteiger partial charge in [-0.05, 0) is 12.5 Å². The summed E-state index contributed by atoms with van der Waals surface area (Å²) < 4.78 is 1.50. The molecule has 0 unspecified atom stereocenters. The van der Waals surface area contributed by atoms with Crippen LogP contribution in [0.2, 0.25) is 0 Å². The molecule has 0 radical (unpaired) electrons. The summed E-state index contributed by atoms with van der Waals surface area (Å²) in [4.78, 5) is 10.7. The van der Waals surface area contributed by atoms with Crippen LogP contribution in [0, 0.1) is 17.0 Å². The van der Waals surface area contributed by atoms with Gasteiger partial charge in [0.1, 0.15) is 5.69 Å². The van der Waals surface area contributed by atoms with Crippen molar-refractivity contribution in [3.63, 3.8) is 0 Å². The average Bonchev–Trinajstić information content (AvgIpc) is 2.67. The minimum atomic E-state index is -0.454. The molecule has 6 heteroatoms. The second-order valence-electron chi connectivity index (χ2n) is 5.18. The summed E-state index contributed by atoms with van der Waals surface area (Å²) in [5.74, 6) is 0.0664. The third-order valence-corrected chi connectivity index (χ3v) is 3.14. The first-order valence-electron chi connectivity index (χ1n) is 6.46. The van der Waals surface area contributed by atoms with Crippen molar-refractivity contribution in [3.8, 4) is 0 Å². The molecule has 0 amide bonds. The van der Waals surface area contributed by atoms with Gasteiger partial charge >= 0.3 is 5.69 Å². The van der Waals surface area contributed by atoms with Crippen molar-refractivity contribution in [1.29, 1.82) is 0 Å². The first-order valence-corrected chi connectivity index (χ1v) is 6.46. The molecule has 2 rings (SSSR count). The summed E-state index contributed by atoms with van der Waals surface area (Å²) in [6.07, 6.45) is 0. The van der Waals surface area contributed by atoms with E-state index in [4.69, 9.17) is 5.73 Å². The first kappa shape index (κ1) is 14.0. The van der Waals surface area contributed by atoms with Gasteiger partial charge in [0.2, 0.25) is 5.82 Å². The number of nitrogen functional groups attached to an aromatic ring is 1. The molecule has 6 nitrogen and oxygen atoms in total. The highest BCUT2D eigenvalue weighted by Crippen LogP contribution is 2.31. The number of nitrogens with zero attached hydrogens (tertiary/aromatic N) is 3. The number of aryl methyl sites for hydroxylation is 1. The van der Waals surface area contributed by atoms with Gasteiger partial charge in [-0.15, -0.1) is 0 Å².